The number of furan rings is 1. The lowest BCUT2D eigenvalue weighted by Crippen LogP contribution is -2.40. The van der Waals surface area contributed by atoms with Crippen molar-refractivity contribution >= 4 is 52.6 Å². The summed E-state index contributed by atoms with van der Waals surface area (Å²) in [5.41, 5.74) is 0. The molecule has 0 aliphatic carbocycles. The molecule has 26 heavy (non-hydrogen) atoms. The fourth-order valence-corrected chi connectivity index (χ4v) is 3.60. The Hall–Kier alpha value is -1.39. The normalized spacial score (nSPS) is 11.2. The van der Waals surface area contributed by atoms with Gasteiger partial charge in [0, 0.05) is 49.4 Å². The number of aliphatic imine (C=N–C) groups is 1. The largest absolute Gasteiger partial charge is 0.469 e. The Morgan fingerprint density at radius 3 is 2.85 bits per heavy atom. The molecular weight excluding hydrogens is 479 g/mol. The van der Waals surface area contributed by atoms with E-state index in [9.17, 15) is 0 Å². The van der Waals surface area contributed by atoms with Crippen LogP contribution < -0.4 is 5.32 Å². The molecule has 5 nitrogen and oxygen atoms in total. The van der Waals surface area contributed by atoms with Crippen LogP contribution in [0.5, 0.6) is 0 Å². The van der Waals surface area contributed by atoms with E-state index in [1.807, 2.05) is 23.7 Å². The Balaban J connectivity index is 0.00000243. The van der Waals surface area contributed by atoms with Gasteiger partial charge in [0.05, 0.1) is 17.8 Å². The predicted molar refractivity (Wildman–Crippen MR) is 120 cm³/mol. The molecule has 3 heterocycles. The van der Waals surface area contributed by atoms with E-state index in [1.165, 1.54) is 4.88 Å². The van der Waals surface area contributed by atoms with Crippen LogP contribution in [0.15, 0.2) is 56.9 Å². The van der Waals surface area contributed by atoms with Crippen molar-refractivity contribution in [2.75, 3.05) is 20.1 Å². The zero-order valence-electron chi connectivity index (χ0n) is 14.6. The zero-order valence-corrected chi connectivity index (χ0v) is 18.6. The van der Waals surface area contributed by atoms with Gasteiger partial charge < -0.3 is 14.6 Å². The summed E-state index contributed by atoms with van der Waals surface area (Å²) in [6, 6.07) is 8.09. The number of nitrogens with zero attached hydrogens (tertiary/aromatic N) is 3. The van der Waals surface area contributed by atoms with Gasteiger partial charge in [0.15, 0.2) is 5.96 Å². The maximum Gasteiger partial charge on any atom is 0.194 e. The van der Waals surface area contributed by atoms with Gasteiger partial charge in [0.2, 0.25) is 0 Å². The minimum atomic E-state index is 0. The summed E-state index contributed by atoms with van der Waals surface area (Å²) >= 11 is 3.43. The van der Waals surface area contributed by atoms with Crippen LogP contribution in [-0.2, 0) is 19.4 Å². The number of guanidine groups is 1. The predicted octanol–water partition coefficient (Wildman–Crippen LogP) is 4.28. The van der Waals surface area contributed by atoms with Crippen LogP contribution in [0, 0.1) is 0 Å². The molecule has 0 saturated heterocycles. The third-order valence-corrected chi connectivity index (χ3v) is 5.41. The lowest BCUT2D eigenvalue weighted by molar-refractivity contribution is 0.474. The maximum absolute atomic E-state index is 5.39. The van der Waals surface area contributed by atoms with Gasteiger partial charge in [-0.3, -0.25) is 0 Å². The summed E-state index contributed by atoms with van der Waals surface area (Å²) in [4.78, 5) is 12.6. The Morgan fingerprint density at radius 1 is 1.23 bits per heavy atom. The van der Waals surface area contributed by atoms with Gasteiger partial charge in [-0.15, -0.1) is 46.7 Å². The second kappa shape index (κ2) is 11.3. The van der Waals surface area contributed by atoms with Crippen LogP contribution in [0.1, 0.15) is 15.6 Å². The van der Waals surface area contributed by atoms with Crippen molar-refractivity contribution in [3.8, 4) is 0 Å². The Bertz CT molecular complexity index is 742. The second-order valence-electron chi connectivity index (χ2n) is 5.57. The monoisotopic (exact) mass is 502 g/mol. The van der Waals surface area contributed by atoms with Crippen LogP contribution in [0.3, 0.4) is 0 Å². The van der Waals surface area contributed by atoms with Crippen molar-refractivity contribution in [1.29, 1.82) is 0 Å². The van der Waals surface area contributed by atoms with E-state index in [2.05, 4.69) is 39.8 Å². The van der Waals surface area contributed by atoms with Gasteiger partial charge in [0.1, 0.15) is 5.76 Å². The highest BCUT2D eigenvalue weighted by Crippen LogP contribution is 2.10. The van der Waals surface area contributed by atoms with Crippen molar-refractivity contribution in [1.82, 2.24) is 15.2 Å². The average molecular weight is 502 g/mol. The fraction of sp³-hybridized carbons (Fsp3) is 0.333. The molecule has 1 N–H and O–H groups in total. The van der Waals surface area contributed by atoms with Gasteiger partial charge in [-0.1, -0.05) is 6.07 Å². The molecule has 0 aliphatic heterocycles. The molecule has 3 aromatic heterocycles. The lowest BCUT2D eigenvalue weighted by atomic mass is 10.3. The van der Waals surface area contributed by atoms with Crippen molar-refractivity contribution in [3.63, 3.8) is 0 Å². The highest BCUT2D eigenvalue weighted by atomic mass is 127. The molecule has 0 aromatic carbocycles. The number of hydrogen-bond acceptors (Lipinski definition) is 5. The number of thiophene rings is 1. The number of rotatable bonds is 8. The summed E-state index contributed by atoms with van der Waals surface area (Å²) in [6.07, 6.45) is 5.33. The standard InChI is InChI=1S/C18H22N4OS2.HI/c1-22(10-7-17-19-9-13-25-17)18(21-14-16-5-3-12-24-16)20-8-6-15-4-2-11-23-15;/h2-5,9,11-13H,6-8,10,14H2,1H3,(H,20,21);1H. The summed E-state index contributed by atoms with van der Waals surface area (Å²) in [5, 5.41) is 8.71. The number of thiazole rings is 1. The van der Waals surface area contributed by atoms with E-state index in [4.69, 9.17) is 9.41 Å². The Labute approximate surface area is 179 Å². The molecule has 0 saturated carbocycles. The van der Waals surface area contributed by atoms with Crippen LogP contribution in [0.2, 0.25) is 0 Å². The quantitative estimate of drug-likeness (QED) is 0.284. The van der Waals surface area contributed by atoms with Crippen molar-refractivity contribution in [2.24, 2.45) is 4.99 Å². The average Bonchev–Trinajstić information content (AvgIpc) is 3.39. The SMILES string of the molecule is CN(CCc1nccs1)C(=NCc1cccs1)NCCc1ccco1.I. The first-order chi connectivity index (χ1) is 12.3. The van der Waals surface area contributed by atoms with Crippen molar-refractivity contribution < 1.29 is 4.42 Å². The lowest BCUT2D eigenvalue weighted by Gasteiger charge is -2.22. The topological polar surface area (TPSA) is 53.7 Å². The van der Waals surface area contributed by atoms with Crippen molar-refractivity contribution in [2.45, 2.75) is 19.4 Å². The summed E-state index contributed by atoms with van der Waals surface area (Å²) in [6.45, 7) is 2.37. The number of halogens is 1. The van der Waals surface area contributed by atoms with Crippen molar-refractivity contribution in [3.05, 3.63) is 63.1 Å². The Kier molecular flexibility index (Phi) is 9.13. The van der Waals surface area contributed by atoms with Crippen LogP contribution in [-0.4, -0.2) is 36.0 Å². The minimum Gasteiger partial charge on any atom is -0.469 e. The van der Waals surface area contributed by atoms with Gasteiger partial charge in [0.25, 0.3) is 0 Å². The van der Waals surface area contributed by atoms with E-state index in [1.54, 1.807) is 28.9 Å². The van der Waals surface area contributed by atoms with E-state index < -0.39 is 0 Å². The zero-order chi connectivity index (χ0) is 17.3. The number of likely N-dealkylation sites (N-methyl/N-ethyl adjacent to an activating group) is 1. The molecule has 8 heteroatoms. The molecule has 0 radical (unpaired) electrons. The van der Waals surface area contributed by atoms with Gasteiger partial charge in [-0.25, -0.2) is 9.98 Å². The first kappa shape index (κ1) is 20.9. The van der Waals surface area contributed by atoms with E-state index in [0.29, 0.717) is 6.54 Å². The highest BCUT2D eigenvalue weighted by Gasteiger charge is 2.08. The van der Waals surface area contributed by atoms with Crippen LogP contribution in [0.4, 0.5) is 0 Å². The first-order valence-electron chi connectivity index (χ1n) is 8.24. The van der Waals surface area contributed by atoms with Gasteiger partial charge >= 0.3 is 0 Å². The first-order valence-corrected chi connectivity index (χ1v) is 10.00. The van der Waals surface area contributed by atoms with E-state index >= 15 is 0 Å². The van der Waals surface area contributed by atoms with Gasteiger partial charge in [-0.05, 0) is 23.6 Å². The maximum atomic E-state index is 5.39. The van der Waals surface area contributed by atoms with E-state index in [-0.39, 0.29) is 24.0 Å². The molecule has 3 aromatic rings. The summed E-state index contributed by atoms with van der Waals surface area (Å²) < 4.78 is 5.39. The Morgan fingerprint density at radius 2 is 2.15 bits per heavy atom. The number of hydrogen-bond donors (Lipinski definition) is 1. The molecule has 0 atom stereocenters. The second-order valence-corrected chi connectivity index (χ2v) is 7.58. The third kappa shape index (κ3) is 6.73. The summed E-state index contributed by atoms with van der Waals surface area (Å²) in [5.74, 6) is 1.90. The molecule has 0 fully saturated rings. The molecule has 0 bridgehead atoms. The molecule has 0 amide bonds. The number of nitrogens with one attached hydrogen (secondary N) is 1. The molecule has 3 rings (SSSR count). The third-order valence-electron chi connectivity index (χ3n) is 3.71. The molecular formula is C18H23IN4OS2. The summed E-state index contributed by atoms with van der Waals surface area (Å²) in [7, 11) is 2.07. The van der Waals surface area contributed by atoms with Crippen LogP contribution in [0.25, 0.3) is 0 Å². The van der Waals surface area contributed by atoms with Gasteiger partial charge in [-0.2, -0.15) is 0 Å². The van der Waals surface area contributed by atoms with Crippen LogP contribution >= 0.6 is 46.7 Å². The highest BCUT2D eigenvalue weighted by molar-refractivity contribution is 14.0. The molecule has 0 unspecified atom stereocenters. The minimum absolute atomic E-state index is 0. The molecule has 140 valence electrons. The smallest absolute Gasteiger partial charge is 0.194 e. The fourth-order valence-electron chi connectivity index (χ4n) is 2.36. The number of aromatic nitrogens is 1. The molecule has 0 aliphatic rings. The molecule has 0 spiro atoms. The van der Waals surface area contributed by atoms with E-state index in [0.717, 1.165) is 42.7 Å².